The van der Waals surface area contributed by atoms with Gasteiger partial charge in [0.1, 0.15) is 5.82 Å². The summed E-state index contributed by atoms with van der Waals surface area (Å²) in [6.07, 6.45) is 4.24. The average Bonchev–Trinajstić information content (AvgIpc) is 2.72. The molecule has 0 spiro atoms. The van der Waals surface area contributed by atoms with Crippen molar-refractivity contribution in [3.63, 3.8) is 0 Å². The van der Waals surface area contributed by atoms with Crippen molar-refractivity contribution in [2.24, 2.45) is 0 Å². The number of methoxy groups -OCH3 is 3. The molecule has 1 aliphatic rings. The molecule has 1 atom stereocenters. The first-order valence-corrected chi connectivity index (χ1v) is 8.54. The fraction of sp³-hybridized carbons (Fsp3) is 0.227. The van der Waals surface area contributed by atoms with E-state index in [1.54, 1.807) is 32.4 Å². The van der Waals surface area contributed by atoms with Crippen LogP contribution in [-0.4, -0.2) is 27.3 Å². The van der Waals surface area contributed by atoms with Crippen LogP contribution in [0.4, 0.5) is 4.39 Å². The zero-order valence-electron chi connectivity index (χ0n) is 15.5. The molecule has 0 radical (unpaired) electrons. The van der Waals surface area contributed by atoms with E-state index in [1.165, 1.54) is 19.2 Å². The van der Waals surface area contributed by atoms with Crippen molar-refractivity contribution < 1.29 is 23.4 Å². The predicted octanol–water partition coefficient (Wildman–Crippen LogP) is 4.51. The minimum absolute atomic E-state index is 0.206. The number of ether oxygens (including phenoxy) is 3. The van der Waals surface area contributed by atoms with Gasteiger partial charge < -0.3 is 14.2 Å². The Bertz CT molecular complexity index is 897. The van der Waals surface area contributed by atoms with Gasteiger partial charge in [-0.3, -0.25) is 0 Å². The summed E-state index contributed by atoms with van der Waals surface area (Å²) in [5.41, 5.74) is 3.41. The minimum Gasteiger partial charge on any atom is -0.493 e. The second-order valence-electron chi connectivity index (χ2n) is 6.18. The van der Waals surface area contributed by atoms with Crippen LogP contribution in [0.3, 0.4) is 0 Å². The lowest BCUT2D eigenvalue weighted by atomic mass is 9.80. The van der Waals surface area contributed by atoms with Crippen LogP contribution in [0.15, 0.2) is 60.2 Å². The predicted molar refractivity (Wildman–Crippen MR) is 101 cm³/mol. The Hall–Kier alpha value is -3.08. The standard InChI is InChI=1S/C22H21FO4/c1-25-20-11-7-16(13-21(20)26-2)19-12-15(6-10-18(19)22(24)27-3)14-4-8-17(23)9-5-14/h4-11,13,19H,12H2,1-3H3. The Morgan fingerprint density at radius 3 is 2.30 bits per heavy atom. The quantitative estimate of drug-likeness (QED) is 0.728. The second kappa shape index (κ2) is 8.08. The largest absolute Gasteiger partial charge is 0.493 e. The number of halogens is 1. The molecule has 0 aromatic heterocycles. The SMILES string of the molecule is COC(=O)C1=CC=C(c2ccc(F)cc2)CC1c1ccc(OC)c(OC)c1. The lowest BCUT2D eigenvalue weighted by molar-refractivity contribution is -0.136. The maximum atomic E-state index is 13.2. The molecular weight excluding hydrogens is 347 g/mol. The van der Waals surface area contributed by atoms with Crippen molar-refractivity contribution in [1.29, 1.82) is 0 Å². The number of hydrogen-bond donors (Lipinski definition) is 0. The average molecular weight is 368 g/mol. The van der Waals surface area contributed by atoms with E-state index in [0.717, 1.165) is 16.7 Å². The normalized spacial score (nSPS) is 16.2. The van der Waals surface area contributed by atoms with Crippen LogP contribution in [0.25, 0.3) is 5.57 Å². The zero-order valence-corrected chi connectivity index (χ0v) is 15.5. The first-order chi connectivity index (χ1) is 13.1. The summed E-state index contributed by atoms with van der Waals surface area (Å²) in [7, 11) is 4.52. The third-order valence-electron chi connectivity index (χ3n) is 4.71. The van der Waals surface area contributed by atoms with Crippen LogP contribution in [0, 0.1) is 5.82 Å². The Balaban J connectivity index is 2.02. The molecule has 0 aliphatic heterocycles. The molecule has 0 saturated heterocycles. The summed E-state index contributed by atoms with van der Waals surface area (Å²) < 4.78 is 28.9. The number of benzene rings is 2. The van der Waals surface area contributed by atoms with Gasteiger partial charge in [0, 0.05) is 11.5 Å². The fourth-order valence-corrected chi connectivity index (χ4v) is 3.28. The van der Waals surface area contributed by atoms with E-state index < -0.39 is 0 Å². The van der Waals surface area contributed by atoms with Crippen LogP contribution < -0.4 is 9.47 Å². The lowest BCUT2D eigenvalue weighted by Gasteiger charge is -2.25. The monoisotopic (exact) mass is 368 g/mol. The summed E-state index contributed by atoms with van der Waals surface area (Å²) in [6, 6.07) is 11.9. The number of allylic oxidation sites excluding steroid dienone is 3. The highest BCUT2D eigenvalue weighted by Crippen LogP contribution is 2.41. The van der Waals surface area contributed by atoms with Gasteiger partial charge in [0.05, 0.1) is 21.3 Å². The fourth-order valence-electron chi connectivity index (χ4n) is 3.28. The van der Waals surface area contributed by atoms with Gasteiger partial charge in [-0.05, 0) is 47.4 Å². The van der Waals surface area contributed by atoms with Gasteiger partial charge in [-0.25, -0.2) is 9.18 Å². The highest BCUT2D eigenvalue weighted by molar-refractivity contribution is 5.93. The number of hydrogen-bond acceptors (Lipinski definition) is 4. The smallest absolute Gasteiger partial charge is 0.334 e. The summed E-state index contributed by atoms with van der Waals surface area (Å²) in [4.78, 5) is 12.3. The first kappa shape index (κ1) is 18.7. The van der Waals surface area contributed by atoms with Crippen molar-refractivity contribution in [3.05, 3.63) is 77.1 Å². The minimum atomic E-state index is -0.371. The second-order valence-corrected chi connectivity index (χ2v) is 6.18. The molecule has 1 aliphatic carbocycles. The number of carbonyl (C=O) groups is 1. The van der Waals surface area contributed by atoms with Crippen LogP contribution in [-0.2, 0) is 9.53 Å². The van der Waals surface area contributed by atoms with Crippen LogP contribution in [0.1, 0.15) is 23.5 Å². The van der Waals surface area contributed by atoms with Crippen LogP contribution in [0.5, 0.6) is 11.5 Å². The molecule has 140 valence electrons. The molecule has 0 N–H and O–H groups in total. The Kier molecular flexibility index (Phi) is 5.60. The van der Waals surface area contributed by atoms with Crippen molar-refractivity contribution in [3.8, 4) is 11.5 Å². The molecule has 2 aromatic rings. The van der Waals surface area contributed by atoms with Crippen LogP contribution >= 0.6 is 0 Å². The molecule has 27 heavy (non-hydrogen) atoms. The van der Waals surface area contributed by atoms with Gasteiger partial charge >= 0.3 is 5.97 Å². The summed E-state index contributed by atoms with van der Waals surface area (Å²) in [6.45, 7) is 0. The van der Waals surface area contributed by atoms with Crippen molar-refractivity contribution in [2.75, 3.05) is 21.3 Å². The number of rotatable bonds is 5. The van der Waals surface area contributed by atoms with E-state index >= 15 is 0 Å². The van der Waals surface area contributed by atoms with Gasteiger partial charge in [-0.2, -0.15) is 0 Å². The molecular formula is C22H21FO4. The summed E-state index contributed by atoms with van der Waals surface area (Å²) >= 11 is 0. The van der Waals surface area contributed by atoms with Gasteiger partial charge in [-0.1, -0.05) is 30.4 Å². The molecule has 0 fully saturated rings. The van der Waals surface area contributed by atoms with E-state index in [0.29, 0.717) is 23.5 Å². The maximum absolute atomic E-state index is 13.2. The summed E-state index contributed by atoms with van der Waals surface area (Å²) in [5.74, 6) is 0.357. The van der Waals surface area contributed by atoms with Crippen molar-refractivity contribution in [2.45, 2.75) is 12.3 Å². The van der Waals surface area contributed by atoms with E-state index in [4.69, 9.17) is 14.2 Å². The first-order valence-electron chi connectivity index (χ1n) is 8.54. The van der Waals surface area contributed by atoms with Crippen molar-refractivity contribution in [1.82, 2.24) is 0 Å². The molecule has 1 unspecified atom stereocenters. The topological polar surface area (TPSA) is 44.8 Å². The molecule has 0 heterocycles. The summed E-state index contributed by atoms with van der Waals surface area (Å²) in [5, 5.41) is 0. The molecule has 0 saturated carbocycles. The molecule has 2 aromatic carbocycles. The number of carbonyl (C=O) groups excluding carboxylic acids is 1. The Labute approximate surface area is 157 Å². The van der Waals surface area contributed by atoms with E-state index in [1.807, 2.05) is 24.3 Å². The zero-order chi connectivity index (χ0) is 19.4. The molecule has 0 bridgehead atoms. The van der Waals surface area contributed by atoms with Gasteiger partial charge in [0.2, 0.25) is 0 Å². The molecule has 4 nitrogen and oxygen atoms in total. The van der Waals surface area contributed by atoms with E-state index in [-0.39, 0.29) is 17.7 Å². The highest BCUT2D eigenvalue weighted by atomic mass is 19.1. The van der Waals surface area contributed by atoms with Gasteiger partial charge in [-0.15, -0.1) is 0 Å². The number of esters is 1. The lowest BCUT2D eigenvalue weighted by Crippen LogP contribution is -2.16. The third-order valence-corrected chi connectivity index (χ3v) is 4.71. The Morgan fingerprint density at radius 1 is 0.963 bits per heavy atom. The third kappa shape index (κ3) is 3.87. The van der Waals surface area contributed by atoms with Gasteiger partial charge in [0.15, 0.2) is 11.5 Å². The van der Waals surface area contributed by atoms with E-state index in [2.05, 4.69) is 0 Å². The Morgan fingerprint density at radius 2 is 1.67 bits per heavy atom. The van der Waals surface area contributed by atoms with E-state index in [9.17, 15) is 9.18 Å². The molecule has 5 heteroatoms. The van der Waals surface area contributed by atoms with Crippen LogP contribution in [0.2, 0.25) is 0 Å². The highest BCUT2D eigenvalue weighted by Gasteiger charge is 2.28. The maximum Gasteiger partial charge on any atom is 0.334 e. The van der Waals surface area contributed by atoms with Crippen molar-refractivity contribution >= 4 is 11.5 Å². The van der Waals surface area contributed by atoms with Gasteiger partial charge in [0.25, 0.3) is 0 Å². The molecule has 3 rings (SSSR count). The molecule has 0 amide bonds.